The van der Waals surface area contributed by atoms with E-state index in [1.54, 1.807) is 6.92 Å². The normalized spacial score (nSPS) is 14.9. The predicted octanol–water partition coefficient (Wildman–Crippen LogP) is 1.98. The highest BCUT2D eigenvalue weighted by molar-refractivity contribution is 5.72. The monoisotopic (exact) mass is 202 g/mol. The Morgan fingerprint density at radius 2 is 2.00 bits per heavy atom. The van der Waals surface area contributed by atoms with Gasteiger partial charge in [-0.3, -0.25) is 4.79 Å². The molecule has 0 saturated heterocycles. The van der Waals surface area contributed by atoms with Crippen LogP contribution in [0, 0.1) is 11.8 Å². The second kappa shape index (κ2) is 7.80. The first-order valence-electron chi connectivity index (χ1n) is 5.48. The number of carbonyl (C=O) groups is 1. The first kappa shape index (κ1) is 13.4. The summed E-state index contributed by atoms with van der Waals surface area (Å²) >= 11 is 0. The summed E-state index contributed by atoms with van der Waals surface area (Å²) in [7, 11) is 0. The van der Waals surface area contributed by atoms with Crippen molar-refractivity contribution >= 4 is 5.97 Å². The number of aliphatic hydroxyl groups excluding tert-OH is 1. The van der Waals surface area contributed by atoms with E-state index in [2.05, 4.69) is 6.92 Å². The van der Waals surface area contributed by atoms with E-state index in [1.165, 1.54) is 0 Å². The molecule has 0 aliphatic rings. The van der Waals surface area contributed by atoms with Crippen molar-refractivity contribution in [3.8, 4) is 0 Å². The highest BCUT2D eigenvalue weighted by Crippen LogP contribution is 2.22. The standard InChI is InChI=1S/C11H22O3/c1-4-7-9(5-2)10(8-12)11(13)14-6-3/h9-10,12H,4-8H2,1-3H3. The molecule has 3 heteroatoms. The third-order valence-corrected chi connectivity index (χ3v) is 2.54. The van der Waals surface area contributed by atoms with Gasteiger partial charge < -0.3 is 9.84 Å². The summed E-state index contributed by atoms with van der Waals surface area (Å²) in [5.74, 6) is -0.334. The second-order valence-corrected chi connectivity index (χ2v) is 3.50. The molecule has 0 aromatic rings. The van der Waals surface area contributed by atoms with Crippen LogP contribution in [0.1, 0.15) is 40.0 Å². The van der Waals surface area contributed by atoms with E-state index in [4.69, 9.17) is 9.84 Å². The van der Waals surface area contributed by atoms with E-state index in [-0.39, 0.29) is 24.4 Å². The Hall–Kier alpha value is -0.570. The van der Waals surface area contributed by atoms with Gasteiger partial charge in [0.2, 0.25) is 0 Å². The number of carbonyl (C=O) groups excluding carboxylic acids is 1. The molecule has 14 heavy (non-hydrogen) atoms. The number of hydrogen-bond donors (Lipinski definition) is 1. The summed E-state index contributed by atoms with van der Waals surface area (Å²) in [6.45, 7) is 6.20. The number of hydrogen-bond acceptors (Lipinski definition) is 3. The van der Waals surface area contributed by atoms with Crippen molar-refractivity contribution in [2.24, 2.45) is 11.8 Å². The Morgan fingerprint density at radius 3 is 2.36 bits per heavy atom. The van der Waals surface area contributed by atoms with Gasteiger partial charge >= 0.3 is 5.97 Å². The van der Waals surface area contributed by atoms with E-state index in [1.807, 2.05) is 6.92 Å². The Kier molecular flexibility index (Phi) is 7.48. The molecule has 0 aliphatic heterocycles. The summed E-state index contributed by atoms with van der Waals surface area (Å²) in [5.41, 5.74) is 0. The van der Waals surface area contributed by atoms with Crippen molar-refractivity contribution in [1.29, 1.82) is 0 Å². The molecule has 0 aromatic heterocycles. The maximum atomic E-state index is 11.5. The van der Waals surface area contributed by atoms with Crippen molar-refractivity contribution in [2.75, 3.05) is 13.2 Å². The molecule has 2 atom stereocenters. The van der Waals surface area contributed by atoms with Crippen LogP contribution in [0.2, 0.25) is 0 Å². The number of ether oxygens (including phenoxy) is 1. The molecule has 0 heterocycles. The molecule has 0 bridgehead atoms. The zero-order chi connectivity index (χ0) is 11.0. The average Bonchev–Trinajstić information content (AvgIpc) is 2.18. The lowest BCUT2D eigenvalue weighted by atomic mass is 9.87. The first-order chi connectivity index (χ1) is 6.71. The van der Waals surface area contributed by atoms with Crippen LogP contribution in [0.5, 0.6) is 0 Å². The molecule has 0 spiro atoms. The Morgan fingerprint density at radius 1 is 1.36 bits per heavy atom. The van der Waals surface area contributed by atoms with E-state index in [0.717, 1.165) is 19.3 Å². The van der Waals surface area contributed by atoms with Crippen LogP contribution in [-0.2, 0) is 9.53 Å². The summed E-state index contributed by atoms with van der Waals surface area (Å²) in [4.78, 5) is 11.5. The molecule has 0 fully saturated rings. The van der Waals surface area contributed by atoms with Crippen LogP contribution in [0.15, 0.2) is 0 Å². The molecule has 0 aromatic carbocycles. The zero-order valence-corrected chi connectivity index (χ0v) is 9.45. The predicted molar refractivity (Wildman–Crippen MR) is 55.9 cm³/mol. The highest BCUT2D eigenvalue weighted by Gasteiger charge is 2.26. The van der Waals surface area contributed by atoms with Crippen LogP contribution in [0.25, 0.3) is 0 Å². The molecule has 0 saturated carbocycles. The molecule has 0 radical (unpaired) electrons. The molecule has 2 unspecified atom stereocenters. The fraction of sp³-hybridized carbons (Fsp3) is 0.909. The minimum atomic E-state index is -0.333. The van der Waals surface area contributed by atoms with Gasteiger partial charge in [0, 0.05) is 0 Å². The number of rotatable bonds is 7. The van der Waals surface area contributed by atoms with Crippen LogP contribution in [0.4, 0.5) is 0 Å². The van der Waals surface area contributed by atoms with Crippen LogP contribution in [-0.4, -0.2) is 24.3 Å². The van der Waals surface area contributed by atoms with E-state index in [0.29, 0.717) is 6.61 Å². The van der Waals surface area contributed by atoms with Gasteiger partial charge in [0.05, 0.1) is 19.1 Å². The van der Waals surface area contributed by atoms with Crippen molar-refractivity contribution in [3.05, 3.63) is 0 Å². The quantitative estimate of drug-likeness (QED) is 0.642. The molecule has 0 amide bonds. The van der Waals surface area contributed by atoms with Crippen molar-refractivity contribution in [3.63, 3.8) is 0 Å². The van der Waals surface area contributed by atoms with Gasteiger partial charge in [0.1, 0.15) is 0 Å². The molecular weight excluding hydrogens is 180 g/mol. The van der Waals surface area contributed by atoms with Crippen LogP contribution >= 0.6 is 0 Å². The maximum absolute atomic E-state index is 11.5. The smallest absolute Gasteiger partial charge is 0.311 e. The highest BCUT2D eigenvalue weighted by atomic mass is 16.5. The van der Waals surface area contributed by atoms with E-state index >= 15 is 0 Å². The minimum Gasteiger partial charge on any atom is -0.466 e. The Balaban J connectivity index is 4.26. The average molecular weight is 202 g/mol. The summed E-state index contributed by atoms with van der Waals surface area (Å²) in [6.07, 6.45) is 2.92. The lowest BCUT2D eigenvalue weighted by Crippen LogP contribution is -2.28. The van der Waals surface area contributed by atoms with Gasteiger partial charge in [0.25, 0.3) is 0 Å². The van der Waals surface area contributed by atoms with Crippen molar-refractivity contribution in [2.45, 2.75) is 40.0 Å². The molecule has 1 N–H and O–H groups in total. The first-order valence-corrected chi connectivity index (χ1v) is 5.48. The lowest BCUT2D eigenvalue weighted by molar-refractivity contribution is -0.151. The molecule has 0 aliphatic carbocycles. The van der Waals surface area contributed by atoms with E-state index in [9.17, 15) is 4.79 Å². The van der Waals surface area contributed by atoms with Crippen LogP contribution in [0.3, 0.4) is 0 Å². The van der Waals surface area contributed by atoms with Gasteiger partial charge in [-0.2, -0.15) is 0 Å². The van der Waals surface area contributed by atoms with E-state index < -0.39 is 0 Å². The Bertz CT molecular complexity index is 157. The van der Waals surface area contributed by atoms with Gasteiger partial charge in [0.15, 0.2) is 0 Å². The number of esters is 1. The lowest BCUT2D eigenvalue weighted by Gasteiger charge is -2.22. The topological polar surface area (TPSA) is 46.5 Å². The minimum absolute atomic E-state index is 0.0999. The van der Waals surface area contributed by atoms with Gasteiger partial charge in [-0.15, -0.1) is 0 Å². The summed E-state index contributed by atoms with van der Waals surface area (Å²) in [5, 5.41) is 9.15. The fourth-order valence-electron chi connectivity index (χ4n) is 1.73. The fourth-order valence-corrected chi connectivity index (χ4v) is 1.73. The third kappa shape index (κ3) is 4.09. The van der Waals surface area contributed by atoms with Gasteiger partial charge in [-0.1, -0.05) is 26.7 Å². The summed E-state index contributed by atoms with van der Waals surface area (Å²) in [6, 6.07) is 0. The molecule has 84 valence electrons. The van der Waals surface area contributed by atoms with Gasteiger partial charge in [-0.25, -0.2) is 0 Å². The molecular formula is C11H22O3. The van der Waals surface area contributed by atoms with Crippen molar-refractivity contribution < 1.29 is 14.6 Å². The summed E-state index contributed by atoms with van der Waals surface area (Å²) < 4.78 is 4.93. The van der Waals surface area contributed by atoms with Crippen LogP contribution < -0.4 is 0 Å². The zero-order valence-electron chi connectivity index (χ0n) is 9.45. The maximum Gasteiger partial charge on any atom is 0.311 e. The number of aliphatic hydroxyl groups is 1. The van der Waals surface area contributed by atoms with Gasteiger partial charge in [-0.05, 0) is 19.3 Å². The largest absolute Gasteiger partial charge is 0.466 e. The molecule has 3 nitrogen and oxygen atoms in total. The second-order valence-electron chi connectivity index (χ2n) is 3.50. The third-order valence-electron chi connectivity index (χ3n) is 2.54. The Labute approximate surface area is 86.5 Å². The SMILES string of the molecule is CCCC(CC)C(CO)C(=O)OCC. The molecule has 0 rings (SSSR count). The van der Waals surface area contributed by atoms with Crippen molar-refractivity contribution in [1.82, 2.24) is 0 Å².